The Bertz CT molecular complexity index is 690. The van der Waals surface area contributed by atoms with E-state index in [-0.39, 0.29) is 24.6 Å². The van der Waals surface area contributed by atoms with Crippen LogP contribution in [-0.4, -0.2) is 24.9 Å². The summed E-state index contributed by atoms with van der Waals surface area (Å²) in [5, 5.41) is 2.64. The molecule has 0 bridgehead atoms. The molecule has 1 atom stereocenters. The summed E-state index contributed by atoms with van der Waals surface area (Å²) in [5.41, 5.74) is 7.15. The Labute approximate surface area is 143 Å². The van der Waals surface area contributed by atoms with Gasteiger partial charge in [0.25, 0.3) is 0 Å². The third-order valence-electron chi connectivity index (χ3n) is 3.53. The number of hydrogen-bond donors (Lipinski definition) is 2. The molecule has 0 radical (unpaired) electrons. The van der Waals surface area contributed by atoms with Crippen molar-refractivity contribution in [3.63, 3.8) is 0 Å². The number of para-hydroxylation sites is 1. The molecule has 0 heterocycles. The number of amides is 1. The quantitative estimate of drug-likeness (QED) is 0.805. The monoisotopic (exact) mass is 352 g/mol. The van der Waals surface area contributed by atoms with Gasteiger partial charge in [-0.15, -0.1) is 13.2 Å². The van der Waals surface area contributed by atoms with E-state index in [0.717, 1.165) is 5.56 Å². The molecule has 0 saturated carbocycles. The molecule has 0 unspecified atom stereocenters. The molecular formula is C18H19F3N2O2. The molecule has 0 aliphatic heterocycles. The van der Waals surface area contributed by atoms with E-state index in [9.17, 15) is 18.0 Å². The molecular weight excluding hydrogens is 333 g/mol. The van der Waals surface area contributed by atoms with Crippen molar-refractivity contribution in [3.05, 3.63) is 65.7 Å². The molecule has 0 fully saturated rings. The van der Waals surface area contributed by atoms with Gasteiger partial charge in [0, 0.05) is 6.54 Å². The minimum atomic E-state index is -4.75. The van der Waals surface area contributed by atoms with Gasteiger partial charge < -0.3 is 15.8 Å². The van der Waals surface area contributed by atoms with Crippen LogP contribution in [0, 0.1) is 0 Å². The van der Waals surface area contributed by atoms with Crippen LogP contribution in [0.4, 0.5) is 13.2 Å². The Hall–Kier alpha value is -2.54. The molecule has 0 spiro atoms. The molecule has 0 aromatic heterocycles. The summed E-state index contributed by atoms with van der Waals surface area (Å²) in [7, 11) is 0. The summed E-state index contributed by atoms with van der Waals surface area (Å²) < 4.78 is 41.1. The van der Waals surface area contributed by atoms with E-state index in [1.54, 1.807) is 6.07 Å². The Kier molecular flexibility index (Phi) is 6.41. The highest BCUT2D eigenvalue weighted by Crippen LogP contribution is 2.26. The van der Waals surface area contributed by atoms with E-state index in [4.69, 9.17) is 5.73 Å². The van der Waals surface area contributed by atoms with Crippen LogP contribution in [0.15, 0.2) is 54.6 Å². The van der Waals surface area contributed by atoms with Crippen LogP contribution in [0.2, 0.25) is 0 Å². The summed E-state index contributed by atoms with van der Waals surface area (Å²) in [4.78, 5) is 12.0. The minimum absolute atomic E-state index is 0.166. The Balaban J connectivity index is 1.85. The van der Waals surface area contributed by atoms with Crippen LogP contribution in [0.3, 0.4) is 0 Å². The number of rotatable bonds is 7. The van der Waals surface area contributed by atoms with Crippen LogP contribution in [0.25, 0.3) is 0 Å². The van der Waals surface area contributed by atoms with Crippen LogP contribution in [0.1, 0.15) is 11.1 Å². The second-order valence-corrected chi connectivity index (χ2v) is 5.49. The zero-order chi connectivity index (χ0) is 18.3. The highest BCUT2D eigenvalue weighted by atomic mass is 19.4. The number of benzene rings is 2. The number of carbonyl (C=O) groups excluding carboxylic acids is 1. The summed E-state index contributed by atoms with van der Waals surface area (Å²) in [6, 6.07) is 14.5. The van der Waals surface area contributed by atoms with Crippen molar-refractivity contribution in [2.45, 2.75) is 25.2 Å². The number of hydrogen-bond acceptors (Lipinski definition) is 3. The van der Waals surface area contributed by atoms with Gasteiger partial charge in [0.05, 0.1) is 6.04 Å². The van der Waals surface area contributed by atoms with Crippen LogP contribution in [0.5, 0.6) is 5.75 Å². The number of nitrogens with one attached hydrogen (secondary N) is 1. The lowest BCUT2D eigenvalue weighted by Crippen LogP contribution is -2.42. The van der Waals surface area contributed by atoms with Gasteiger partial charge in [-0.2, -0.15) is 0 Å². The molecule has 3 N–H and O–H groups in total. The zero-order valence-electron chi connectivity index (χ0n) is 13.4. The van der Waals surface area contributed by atoms with Crippen molar-refractivity contribution >= 4 is 5.91 Å². The lowest BCUT2D eigenvalue weighted by atomic mass is 10.1. The number of carbonyl (C=O) groups is 1. The first kappa shape index (κ1) is 18.8. The van der Waals surface area contributed by atoms with E-state index < -0.39 is 12.4 Å². The summed E-state index contributed by atoms with van der Waals surface area (Å²) in [6.45, 7) is 0.166. The maximum Gasteiger partial charge on any atom is 0.573 e. The predicted octanol–water partition coefficient (Wildman–Crippen LogP) is 2.81. The standard InChI is InChI=1S/C18H19F3N2O2/c19-18(20,21)25-16-9-5-4-8-14(16)10-11-23-17(24)15(22)12-13-6-2-1-3-7-13/h1-9,15H,10-12,22H2,(H,23,24)/t15-/m0/s1. The van der Waals surface area contributed by atoms with Crippen molar-refractivity contribution in [3.8, 4) is 5.75 Å². The topological polar surface area (TPSA) is 64.4 Å². The number of nitrogens with two attached hydrogens (primary N) is 1. The normalized spacial score (nSPS) is 12.5. The van der Waals surface area contributed by atoms with Crippen molar-refractivity contribution in [2.75, 3.05) is 6.54 Å². The van der Waals surface area contributed by atoms with Gasteiger partial charge in [0.1, 0.15) is 5.75 Å². The zero-order valence-corrected chi connectivity index (χ0v) is 13.4. The first-order valence-corrected chi connectivity index (χ1v) is 7.76. The molecule has 4 nitrogen and oxygen atoms in total. The highest BCUT2D eigenvalue weighted by molar-refractivity contribution is 5.81. The van der Waals surface area contributed by atoms with Crippen LogP contribution in [-0.2, 0) is 17.6 Å². The van der Waals surface area contributed by atoms with E-state index in [2.05, 4.69) is 10.1 Å². The fourth-order valence-corrected chi connectivity index (χ4v) is 2.35. The number of alkyl halides is 3. The number of halogens is 3. The lowest BCUT2D eigenvalue weighted by Gasteiger charge is -2.15. The predicted molar refractivity (Wildman–Crippen MR) is 88.0 cm³/mol. The maximum absolute atomic E-state index is 12.4. The lowest BCUT2D eigenvalue weighted by molar-refractivity contribution is -0.274. The molecule has 0 saturated heterocycles. The average Bonchev–Trinajstić information content (AvgIpc) is 2.56. The molecule has 2 aromatic carbocycles. The van der Waals surface area contributed by atoms with Crippen LogP contribution < -0.4 is 15.8 Å². The minimum Gasteiger partial charge on any atom is -0.406 e. The SMILES string of the molecule is N[C@@H](Cc1ccccc1)C(=O)NCCc1ccccc1OC(F)(F)F. The molecule has 1 amide bonds. The fraction of sp³-hybridized carbons (Fsp3) is 0.278. The van der Waals surface area contributed by atoms with E-state index in [1.165, 1.54) is 18.2 Å². The molecule has 0 aliphatic carbocycles. The molecule has 2 aromatic rings. The molecule has 0 aliphatic rings. The van der Waals surface area contributed by atoms with Crippen molar-refractivity contribution in [2.24, 2.45) is 5.73 Å². The van der Waals surface area contributed by atoms with Gasteiger partial charge in [-0.25, -0.2) is 0 Å². The van der Waals surface area contributed by atoms with Gasteiger partial charge in [-0.1, -0.05) is 48.5 Å². The number of ether oxygens (including phenoxy) is 1. The Morgan fingerprint density at radius 3 is 2.40 bits per heavy atom. The summed E-state index contributed by atoms with van der Waals surface area (Å²) in [6.07, 6.45) is -4.16. The average molecular weight is 352 g/mol. The molecule has 2 rings (SSSR count). The molecule has 134 valence electrons. The van der Waals surface area contributed by atoms with Crippen LogP contribution >= 0.6 is 0 Å². The van der Waals surface area contributed by atoms with E-state index in [0.29, 0.717) is 12.0 Å². The van der Waals surface area contributed by atoms with Gasteiger partial charge >= 0.3 is 6.36 Å². The Morgan fingerprint density at radius 2 is 1.72 bits per heavy atom. The van der Waals surface area contributed by atoms with E-state index in [1.807, 2.05) is 30.3 Å². The highest BCUT2D eigenvalue weighted by Gasteiger charge is 2.31. The molecule has 7 heteroatoms. The second-order valence-electron chi connectivity index (χ2n) is 5.49. The second kappa shape index (κ2) is 8.53. The smallest absolute Gasteiger partial charge is 0.406 e. The van der Waals surface area contributed by atoms with Crippen molar-refractivity contribution < 1.29 is 22.7 Å². The van der Waals surface area contributed by atoms with Crippen molar-refractivity contribution in [1.29, 1.82) is 0 Å². The Morgan fingerprint density at radius 1 is 1.08 bits per heavy atom. The van der Waals surface area contributed by atoms with Gasteiger partial charge in [-0.05, 0) is 30.0 Å². The third-order valence-corrected chi connectivity index (χ3v) is 3.53. The fourth-order valence-electron chi connectivity index (χ4n) is 2.35. The molecule has 25 heavy (non-hydrogen) atoms. The first-order valence-electron chi connectivity index (χ1n) is 7.76. The summed E-state index contributed by atoms with van der Waals surface area (Å²) >= 11 is 0. The van der Waals surface area contributed by atoms with E-state index >= 15 is 0 Å². The largest absolute Gasteiger partial charge is 0.573 e. The van der Waals surface area contributed by atoms with Gasteiger partial charge in [0.15, 0.2) is 0 Å². The third kappa shape index (κ3) is 6.46. The summed E-state index contributed by atoms with van der Waals surface area (Å²) in [5.74, 6) is -0.615. The van der Waals surface area contributed by atoms with Gasteiger partial charge in [0.2, 0.25) is 5.91 Å². The van der Waals surface area contributed by atoms with Gasteiger partial charge in [-0.3, -0.25) is 4.79 Å². The maximum atomic E-state index is 12.4. The first-order chi connectivity index (χ1) is 11.8. The van der Waals surface area contributed by atoms with Crippen molar-refractivity contribution in [1.82, 2.24) is 5.32 Å².